The minimum absolute atomic E-state index is 0.0815. The number of sulfonamides is 1. The summed E-state index contributed by atoms with van der Waals surface area (Å²) in [6, 6.07) is 3.49. The molecule has 0 spiro atoms. The lowest BCUT2D eigenvalue weighted by Crippen LogP contribution is -2.36. The van der Waals surface area contributed by atoms with Crippen LogP contribution in [0.15, 0.2) is 33.1 Å². The summed E-state index contributed by atoms with van der Waals surface area (Å²) in [4.78, 5) is 5.34. The fourth-order valence-corrected chi connectivity index (χ4v) is 5.22. The third kappa shape index (κ3) is 2.71. The number of nitrogens with zero attached hydrogens (tertiary/aromatic N) is 2. The topological polar surface area (TPSA) is 88.3 Å². The second kappa shape index (κ2) is 5.65. The van der Waals surface area contributed by atoms with E-state index < -0.39 is 10.0 Å². The molecule has 9 heteroatoms. The van der Waals surface area contributed by atoms with E-state index in [1.54, 1.807) is 11.3 Å². The Balaban J connectivity index is 2.00. The SMILES string of the molecule is NNc1ncc(Br)cc1S(=O)(=O)N1CCc2sccc2C1. The van der Waals surface area contributed by atoms with Crippen LogP contribution in [0.2, 0.25) is 0 Å². The van der Waals surface area contributed by atoms with Gasteiger partial charge >= 0.3 is 0 Å². The first-order chi connectivity index (χ1) is 10.0. The van der Waals surface area contributed by atoms with Crippen molar-refractivity contribution in [1.29, 1.82) is 0 Å². The van der Waals surface area contributed by atoms with Crippen LogP contribution >= 0.6 is 27.3 Å². The Morgan fingerprint density at radius 3 is 3.05 bits per heavy atom. The zero-order valence-electron chi connectivity index (χ0n) is 10.9. The largest absolute Gasteiger partial charge is 0.307 e. The number of anilines is 1. The first-order valence-corrected chi connectivity index (χ1v) is 9.31. The predicted octanol–water partition coefficient (Wildman–Crippen LogP) is 1.94. The molecule has 2 aromatic rings. The van der Waals surface area contributed by atoms with Crippen LogP contribution in [-0.2, 0) is 23.0 Å². The van der Waals surface area contributed by atoms with E-state index in [1.165, 1.54) is 21.4 Å². The number of thiophene rings is 1. The van der Waals surface area contributed by atoms with Crippen molar-refractivity contribution in [2.75, 3.05) is 12.0 Å². The number of aromatic nitrogens is 1. The quantitative estimate of drug-likeness (QED) is 0.619. The molecule has 3 N–H and O–H groups in total. The highest BCUT2D eigenvalue weighted by Crippen LogP contribution is 2.31. The molecule has 0 saturated carbocycles. The molecule has 0 radical (unpaired) electrons. The number of nitrogens with two attached hydrogens (primary N) is 1. The van der Waals surface area contributed by atoms with Crippen molar-refractivity contribution < 1.29 is 8.42 Å². The molecule has 112 valence electrons. The van der Waals surface area contributed by atoms with Crippen LogP contribution in [0.25, 0.3) is 0 Å². The van der Waals surface area contributed by atoms with Crippen molar-refractivity contribution >= 4 is 43.1 Å². The van der Waals surface area contributed by atoms with Gasteiger partial charge < -0.3 is 5.43 Å². The summed E-state index contributed by atoms with van der Waals surface area (Å²) < 4.78 is 27.7. The van der Waals surface area contributed by atoms with Crippen molar-refractivity contribution in [2.24, 2.45) is 5.84 Å². The Hall–Kier alpha value is -1.00. The number of hydrazine groups is 1. The number of hydrogen-bond acceptors (Lipinski definition) is 6. The minimum atomic E-state index is -3.64. The second-order valence-electron chi connectivity index (χ2n) is 4.60. The van der Waals surface area contributed by atoms with Crippen LogP contribution in [0, 0.1) is 0 Å². The van der Waals surface area contributed by atoms with E-state index >= 15 is 0 Å². The summed E-state index contributed by atoms with van der Waals surface area (Å²) in [5.74, 6) is 5.53. The van der Waals surface area contributed by atoms with Gasteiger partial charge in [0.15, 0.2) is 5.82 Å². The number of rotatable bonds is 3. The fraction of sp³-hybridized carbons (Fsp3) is 0.250. The number of pyridine rings is 1. The van der Waals surface area contributed by atoms with Gasteiger partial charge in [-0.25, -0.2) is 19.2 Å². The van der Waals surface area contributed by atoms with Gasteiger partial charge in [0.05, 0.1) is 0 Å². The highest BCUT2D eigenvalue weighted by atomic mass is 79.9. The lowest BCUT2D eigenvalue weighted by atomic mass is 10.1. The van der Waals surface area contributed by atoms with Gasteiger partial charge in [-0.05, 0) is 45.4 Å². The Bertz CT molecular complexity index is 775. The lowest BCUT2D eigenvalue weighted by Gasteiger charge is -2.26. The van der Waals surface area contributed by atoms with Crippen molar-refractivity contribution in [3.05, 3.63) is 38.6 Å². The van der Waals surface area contributed by atoms with Gasteiger partial charge in [0.1, 0.15) is 4.90 Å². The summed E-state index contributed by atoms with van der Waals surface area (Å²) in [5.41, 5.74) is 3.42. The summed E-state index contributed by atoms with van der Waals surface area (Å²) >= 11 is 4.92. The Kier molecular flexibility index (Phi) is 4.02. The number of fused-ring (bicyclic) bond motifs is 1. The van der Waals surface area contributed by atoms with E-state index in [9.17, 15) is 8.42 Å². The third-order valence-corrected chi connectivity index (χ3v) is 6.66. The maximum Gasteiger partial charge on any atom is 0.247 e. The van der Waals surface area contributed by atoms with Gasteiger partial charge in [-0.3, -0.25) is 0 Å². The second-order valence-corrected chi connectivity index (χ2v) is 8.42. The normalized spacial score (nSPS) is 15.7. The first-order valence-electron chi connectivity index (χ1n) is 6.20. The first kappa shape index (κ1) is 14.9. The molecule has 21 heavy (non-hydrogen) atoms. The molecule has 1 aliphatic rings. The van der Waals surface area contributed by atoms with Gasteiger partial charge in [0, 0.05) is 28.6 Å². The van der Waals surface area contributed by atoms with Gasteiger partial charge in [-0.15, -0.1) is 11.3 Å². The number of nitrogen functional groups attached to an aromatic ring is 1. The highest BCUT2D eigenvalue weighted by Gasteiger charge is 2.31. The van der Waals surface area contributed by atoms with E-state index in [0.717, 1.165) is 12.0 Å². The molecule has 0 aliphatic carbocycles. The third-order valence-electron chi connectivity index (χ3n) is 3.35. The molecule has 6 nitrogen and oxygen atoms in total. The van der Waals surface area contributed by atoms with Gasteiger partial charge in [0.25, 0.3) is 0 Å². The van der Waals surface area contributed by atoms with Crippen LogP contribution in [-0.4, -0.2) is 24.3 Å². The average Bonchev–Trinajstić information content (AvgIpc) is 2.94. The zero-order valence-corrected chi connectivity index (χ0v) is 14.1. The van der Waals surface area contributed by atoms with Gasteiger partial charge in [0.2, 0.25) is 10.0 Å². The number of halogens is 1. The maximum atomic E-state index is 12.8. The summed E-state index contributed by atoms with van der Waals surface area (Å²) in [6.07, 6.45) is 2.24. The molecule has 3 rings (SSSR count). The highest BCUT2D eigenvalue weighted by molar-refractivity contribution is 9.10. The molecule has 0 unspecified atom stereocenters. The van der Waals surface area contributed by atoms with Crippen molar-refractivity contribution in [2.45, 2.75) is 17.9 Å². The Morgan fingerprint density at radius 1 is 1.48 bits per heavy atom. The standard InChI is InChI=1S/C12H13BrN4O2S2/c13-9-5-11(12(16-14)15-6-9)21(18,19)17-3-1-10-8(7-17)2-4-20-10/h2,4-6H,1,3,7,14H2,(H,15,16). The summed E-state index contributed by atoms with van der Waals surface area (Å²) in [5, 5.41) is 1.99. The molecular weight excluding hydrogens is 376 g/mol. The van der Waals surface area contributed by atoms with Crippen molar-refractivity contribution in [3.63, 3.8) is 0 Å². The van der Waals surface area contributed by atoms with Crippen molar-refractivity contribution in [3.8, 4) is 0 Å². The van der Waals surface area contributed by atoms with Gasteiger partial charge in [-0.2, -0.15) is 4.31 Å². The molecule has 0 bridgehead atoms. The average molecular weight is 389 g/mol. The monoisotopic (exact) mass is 388 g/mol. The Labute approximate surface area is 135 Å². The van der Waals surface area contributed by atoms with Crippen LogP contribution in [0.3, 0.4) is 0 Å². The maximum absolute atomic E-state index is 12.8. The lowest BCUT2D eigenvalue weighted by molar-refractivity contribution is 0.394. The van der Waals surface area contributed by atoms with E-state index in [-0.39, 0.29) is 10.7 Å². The molecule has 2 aromatic heterocycles. The van der Waals surface area contributed by atoms with Gasteiger partial charge in [-0.1, -0.05) is 0 Å². The molecule has 1 aliphatic heterocycles. The molecular formula is C12H13BrN4O2S2. The minimum Gasteiger partial charge on any atom is -0.307 e. The smallest absolute Gasteiger partial charge is 0.247 e. The molecule has 0 saturated heterocycles. The molecule has 3 heterocycles. The van der Waals surface area contributed by atoms with Crippen LogP contribution in [0.5, 0.6) is 0 Å². The van der Waals surface area contributed by atoms with E-state index in [2.05, 4.69) is 26.3 Å². The van der Waals surface area contributed by atoms with Crippen molar-refractivity contribution in [1.82, 2.24) is 9.29 Å². The fourth-order valence-electron chi connectivity index (χ4n) is 2.29. The van der Waals surface area contributed by atoms with E-state index in [4.69, 9.17) is 5.84 Å². The van der Waals surface area contributed by atoms with Crippen LogP contribution in [0.4, 0.5) is 5.82 Å². The predicted molar refractivity (Wildman–Crippen MR) is 85.4 cm³/mol. The number of nitrogens with one attached hydrogen (secondary N) is 1. The zero-order chi connectivity index (χ0) is 15.0. The molecule has 0 aromatic carbocycles. The Morgan fingerprint density at radius 2 is 2.29 bits per heavy atom. The van der Waals surface area contributed by atoms with Crippen LogP contribution in [0.1, 0.15) is 10.4 Å². The summed E-state index contributed by atoms with van der Waals surface area (Å²) in [7, 11) is -3.64. The van der Waals surface area contributed by atoms with E-state index in [1.807, 2.05) is 11.4 Å². The molecule has 0 fully saturated rings. The van der Waals surface area contributed by atoms with Crippen LogP contribution < -0.4 is 11.3 Å². The van der Waals surface area contributed by atoms with E-state index in [0.29, 0.717) is 17.6 Å². The number of hydrogen-bond donors (Lipinski definition) is 2. The molecule has 0 amide bonds. The molecule has 0 atom stereocenters. The summed E-state index contributed by atoms with van der Waals surface area (Å²) in [6.45, 7) is 0.851.